The number of thioether (sulfide) groups is 1. The van der Waals surface area contributed by atoms with Gasteiger partial charge in [-0.25, -0.2) is 9.18 Å². The molecule has 1 unspecified atom stereocenters. The largest absolute Gasteiger partial charge is 0.478 e. The molecule has 10 nitrogen and oxygen atoms in total. The molecule has 1 amide bonds. The van der Waals surface area contributed by atoms with E-state index in [4.69, 9.17) is 5.73 Å². The van der Waals surface area contributed by atoms with Crippen LogP contribution in [0.2, 0.25) is 0 Å². The van der Waals surface area contributed by atoms with Crippen molar-refractivity contribution in [1.82, 2.24) is 10.2 Å². The number of carbonyl (C=O) groups is 3. The fourth-order valence-electron chi connectivity index (χ4n) is 5.19. The first-order valence-corrected chi connectivity index (χ1v) is 14.6. The number of nitriles is 1. The first kappa shape index (κ1) is 29.0. The number of amides is 1. The van der Waals surface area contributed by atoms with Crippen LogP contribution in [0.25, 0.3) is 0 Å². The highest BCUT2D eigenvalue weighted by Gasteiger charge is 2.46. The molecule has 0 saturated heterocycles. The summed E-state index contributed by atoms with van der Waals surface area (Å²) in [6, 6.07) is 14.2. The van der Waals surface area contributed by atoms with Gasteiger partial charge in [-0.05, 0) is 30.0 Å². The second-order valence-corrected chi connectivity index (χ2v) is 12.7. The molecule has 1 aliphatic carbocycles. The van der Waals surface area contributed by atoms with Crippen LogP contribution in [0, 0.1) is 22.6 Å². The highest BCUT2D eigenvalue weighted by molar-refractivity contribution is 8.01. The summed E-state index contributed by atoms with van der Waals surface area (Å²) in [7, 11) is 0. The molecule has 214 valence electrons. The smallest absolute Gasteiger partial charge is 0.337 e. The SMILES string of the molecule is CC1(C)CC(=O)C2=C(C1)N(c1nnc(SCC(=O)Nc3ccccc3C(=O)O)s1)C(N)=C(C#N)C2c1ccccc1F. The predicted octanol–water partition coefficient (Wildman–Crippen LogP) is 5.05. The molecule has 2 aromatic carbocycles. The van der Waals surface area contributed by atoms with Crippen molar-refractivity contribution in [3.63, 3.8) is 0 Å². The Morgan fingerprint density at radius 1 is 1.21 bits per heavy atom. The molecule has 1 atom stereocenters. The Balaban J connectivity index is 1.46. The Morgan fingerprint density at radius 3 is 2.64 bits per heavy atom. The van der Waals surface area contributed by atoms with E-state index in [9.17, 15) is 24.8 Å². The fraction of sp³-hybridized carbons (Fsp3) is 0.241. The van der Waals surface area contributed by atoms with Crippen LogP contribution < -0.4 is 16.0 Å². The van der Waals surface area contributed by atoms with Gasteiger partial charge >= 0.3 is 5.97 Å². The van der Waals surface area contributed by atoms with E-state index in [-0.39, 0.29) is 46.2 Å². The molecule has 4 N–H and O–H groups in total. The van der Waals surface area contributed by atoms with Crippen LogP contribution in [0.5, 0.6) is 0 Å². The minimum Gasteiger partial charge on any atom is -0.478 e. The molecular formula is C29H25FN6O4S2. The second kappa shape index (κ2) is 11.4. The number of ketones is 1. The summed E-state index contributed by atoms with van der Waals surface area (Å²) in [6.07, 6.45) is 0.645. The van der Waals surface area contributed by atoms with Gasteiger partial charge in [0.05, 0.1) is 34.6 Å². The molecule has 1 aromatic heterocycles. The van der Waals surface area contributed by atoms with Gasteiger partial charge in [0.15, 0.2) is 10.1 Å². The topological polar surface area (TPSA) is 162 Å². The number of carboxylic acid groups (broad SMARTS) is 1. The van der Waals surface area contributed by atoms with Gasteiger partial charge in [0, 0.05) is 23.3 Å². The maximum absolute atomic E-state index is 15.0. The summed E-state index contributed by atoms with van der Waals surface area (Å²) < 4.78 is 15.4. The van der Waals surface area contributed by atoms with E-state index in [0.29, 0.717) is 27.2 Å². The van der Waals surface area contributed by atoms with Crippen molar-refractivity contribution in [3.8, 4) is 6.07 Å². The number of aromatic carboxylic acids is 1. The van der Waals surface area contributed by atoms with E-state index in [1.807, 2.05) is 13.8 Å². The summed E-state index contributed by atoms with van der Waals surface area (Å²) in [5.74, 6) is -3.34. The fourth-order valence-corrected chi connectivity index (χ4v) is 6.87. The van der Waals surface area contributed by atoms with Crippen LogP contribution in [-0.4, -0.2) is 38.7 Å². The number of benzene rings is 2. The molecule has 2 aliphatic rings. The number of nitrogens with two attached hydrogens (primary N) is 1. The number of para-hydroxylation sites is 1. The molecular weight excluding hydrogens is 579 g/mol. The van der Waals surface area contributed by atoms with E-state index >= 15 is 4.39 Å². The molecule has 2 heterocycles. The lowest BCUT2D eigenvalue weighted by molar-refractivity contribution is -0.118. The number of allylic oxidation sites excluding steroid dienone is 3. The number of nitrogens with zero attached hydrogens (tertiary/aromatic N) is 4. The zero-order valence-electron chi connectivity index (χ0n) is 22.6. The molecule has 0 bridgehead atoms. The average molecular weight is 605 g/mol. The number of aromatic nitrogens is 2. The van der Waals surface area contributed by atoms with Crippen molar-refractivity contribution in [2.45, 2.75) is 36.9 Å². The lowest BCUT2D eigenvalue weighted by atomic mass is 9.68. The number of nitrogens with one attached hydrogen (secondary N) is 1. The number of Topliss-reactive ketones (excluding diaryl/α,β-unsaturated/α-hetero) is 1. The number of halogens is 1. The molecule has 3 aromatic rings. The van der Waals surface area contributed by atoms with Crippen LogP contribution in [0.4, 0.5) is 15.2 Å². The predicted molar refractivity (Wildman–Crippen MR) is 156 cm³/mol. The lowest BCUT2D eigenvalue weighted by Crippen LogP contribution is -2.42. The number of rotatable bonds is 7. The minimum absolute atomic E-state index is 0.0302. The molecule has 13 heteroatoms. The molecule has 42 heavy (non-hydrogen) atoms. The maximum atomic E-state index is 15.0. The zero-order valence-corrected chi connectivity index (χ0v) is 24.2. The molecule has 1 aliphatic heterocycles. The normalized spacial score (nSPS) is 18.0. The Labute approximate surface area is 248 Å². The van der Waals surface area contributed by atoms with Crippen LogP contribution >= 0.6 is 23.1 Å². The molecule has 0 fully saturated rings. The highest BCUT2D eigenvalue weighted by atomic mass is 32.2. The van der Waals surface area contributed by atoms with Gasteiger partial charge in [0.25, 0.3) is 0 Å². The number of hydrogen-bond acceptors (Lipinski definition) is 10. The first-order chi connectivity index (χ1) is 20.0. The van der Waals surface area contributed by atoms with Crippen LogP contribution in [0.1, 0.15) is 48.5 Å². The van der Waals surface area contributed by atoms with E-state index in [2.05, 4.69) is 21.6 Å². The van der Waals surface area contributed by atoms with E-state index in [1.165, 1.54) is 18.2 Å². The van der Waals surface area contributed by atoms with E-state index in [1.54, 1.807) is 35.2 Å². The summed E-state index contributed by atoms with van der Waals surface area (Å²) in [4.78, 5) is 39.1. The number of hydrogen-bond donors (Lipinski definition) is 3. The van der Waals surface area contributed by atoms with Crippen LogP contribution in [0.3, 0.4) is 0 Å². The monoisotopic (exact) mass is 604 g/mol. The molecule has 0 spiro atoms. The van der Waals surface area contributed by atoms with Gasteiger partial charge in [0.2, 0.25) is 11.0 Å². The van der Waals surface area contributed by atoms with Crippen molar-refractivity contribution in [3.05, 3.63) is 88.1 Å². The van der Waals surface area contributed by atoms with E-state index < -0.39 is 29.0 Å². The standard InChI is InChI=1S/C29H25FN6O4S2/c1-29(2)11-20-24(21(37)12-29)23(15-7-3-5-9-18(15)30)17(13-31)25(32)36(20)27-34-35-28(42-27)41-14-22(38)33-19-10-6-4-8-16(19)26(39)40/h3-10,23H,11-12,14,32H2,1-2H3,(H,33,38)(H,39,40). The van der Waals surface area contributed by atoms with Gasteiger partial charge in [0.1, 0.15) is 11.6 Å². The average Bonchev–Trinajstić information content (AvgIpc) is 3.39. The summed E-state index contributed by atoms with van der Waals surface area (Å²) in [5.41, 5.74) is 7.38. The van der Waals surface area contributed by atoms with Gasteiger partial charge in [-0.1, -0.05) is 67.3 Å². The second-order valence-electron chi connectivity index (χ2n) is 10.5. The zero-order chi connectivity index (χ0) is 30.2. The van der Waals surface area contributed by atoms with Crippen LogP contribution in [0.15, 0.2) is 75.5 Å². The van der Waals surface area contributed by atoms with Crippen molar-refractivity contribution in [2.24, 2.45) is 11.1 Å². The van der Waals surface area contributed by atoms with E-state index in [0.717, 1.165) is 23.1 Å². The summed E-state index contributed by atoms with van der Waals surface area (Å²) in [5, 5.41) is 30.8. The van der Waals surface area contributed by atoms with Crippen molar-refractivity contribution in [1.29, 1.82) is 5.26 Å². The third kappa shape index (κ3) is 5.50. The number of carboxylic acids is 1. The summed E-state index contributed by atoms with van der Waals surface area (Å²) in [6.45, 7) is 3.90. The van der Waals surface area contributed by atoms with Gasteiger partial charge in [-0.3, -0.25) is 14.5 Å². The van der Waals surface area contributed by atoms with Gasteiger partial charge in [-0.15, -0.1) is 10.2 Å². The number of carbonyl (C=O) groups excluding carboxylic acids is 2. The number of anilines is 2. The van der Waals surface area contributed by atoms with Crippen molar-refractivity contribution >= 4 is 51.6 Å². The van der Waals surface area contributed by atoms with Gasteiger partial charge < -0.3 is 16.2 Å². The third-order valence-electron chi connectivity index (χ3n) is 6.94. The molecule has 0 radical (unpaired) electrons. The molecule has 0 saturated carbocycles. The molecule has 5 rings (SSSR count). The minimum atomic E-state index is -1.16. The quantitative estimate of drug-likeness (QED) is 0.311. The van der Waals surface area contributed by atoms with Crippen molar-refractivity contribution < 1.29 is 23.9 Å². The van der Waals surface area contributed by atoms with Crippen molar-refractivity contribution in [2.75, 3.05) is 16.0 Å². The third-order valence-corrected chi connectivity index (χ3v) is 8.98. The van der Waals surface area contributed by atoms with Crippen LogP contribution in [-0.2, 0) is 9.59 Å². The Hall–Kier alpha value is -4.54. The highest BCUT2D eigenvalue weighted by Crippen LogP contribution is 2.51. The Bertz CT molecular complexity index is 1720. The lowest BCUT2D eigenvalue weighted by Gasteiger charge is -2.42. The van der Waals surface area contributed by atoms with Gasteiger partial charge in [-0.2, -0.15) is 5.26 Å². The Kier molecular flexibility index (Phi) is 7.85. The summed E-state index contributed by atoms with van der Waals surface area (Å²) >= 11 is 2.21. The first-order valence-electron chi connectivity index (χ1n) is 12.8. The maximum Gasteiger partial charge on any atom is 0.337 e. The Morgan fingerprint density at radius 2 is 1.93 bits per heavy atom.